The second kappa shape index (κ2) is 5.59. The smallest absolute Gasteiger partial charge is 0.0589 e. The molecule has 0 atom stereocenters. The second-order valence-electron chi connectivity index (χ2n) is 4.78. The van der Waals surface area contributed by atoms with Crippen molar-refractivity contribution in [2.24, 2.45) is 7.05 Å². The van der Waals surface area contributed by atoms with Crippen molar-refractivity contribution in [2.75, 3.05) is 6.54 Å². The van der Waals surface area contributed by atoms with Gasteiger partial charge < -0.3 is 9.88 Å². The third-order valence-electron chi connectivity index (χ3n) is 3.50. The number of aromatic nitrogens is 1. The fourth-order valence-electron chi connectivity index (χ4n) is 2.37. The molecular formula is C16H18N2S. The number of hydrogen-bond donors (Lipinski definition) is 1. The van der Waals surface area contributed by atoms with Crippen molar-refractivity contribution in [2.45, 2.75) is 13.0 Å². The molecule has 2 nitrogen and oxygen atoms in total. The first-order valence-corrected chi connectivity index (χ1v) is 7.49. The highest BCUT2D eigenvalue weighted by atomic mass is 32.1. The van der Waals surface area contributed by atoms with E-state index in [2.05, 4.69) is 64.8 Å². The van der Waals surface area contributed by atoms with Gasteiger partial charge in [0.1, 0.15) is 0 Å². The number of thiophene rings is 1. The summed E-state index contributed by atoms with van der Waals surface area (Å²) in [6.45, 7) is 1.95. The minimum atomic E-state index is 0.935. The lowest BCUT2D eigenvalue weighted by atomic mass is 10.1. The van der Waals surface area contributed by atoms with Gasteiger partial charge in [0.25, 0.3) is 0 Å². The van der Waals surface area contributed by atoms with Gasteiger partial charge in [-0.25, -0.2) is 0 Å². The molecule has 0 spiro atoms. The third kappa shape index (κ3) is 2.72. The van der Waals surface area contributed by atoms with Gasteiger partial charge in [-0.2, -0.15) is 0 Å². The maximum absolute atomic E-state index is 3.53. The highest BCUT2D eigenvalue weighted by molar-refractivity contribution is 7.17. The van der Waals surface area contributed by atoms with Crippen LogP contribution in [0, 0.1) is 0 Å². The SMILES string of the molecule is Cn1c(CNCCc2ccccc2)cc2sccc21. The second-order valence-corrected chi connectivity index (χ2v) is 5.72. The van der Waals surface area contributed by atoms with E-state index in [1.54, 1.807) is 0 Å². The molecule has 3 rings (SSSR count). The number of hydrogen-bond acceptors (Lipinski definition) is 2. The fourth-order valence-corrected chi connectivity index (χ4v) is 3.24. The van der Waals surface area contributed by atoms with E-state index in [1.165, 1.54) is 21.5 Å². The number of nitrogens with one attached hydrogen (secondary N) is 1. The first kappa shape index (κ1) is 12.5. The number of fused-ring (bicyclic) bond motifs is 1. The van der Waals surface area contributed by atoms with E-state index in [9.17, 15) is 0 Å². The van der Waals surface area contributed by atoms with Gasteiger partial charge >= 0.3 is 0 Å². The van der Waals surface area contributed by atoms with Crippen LogP contribution < -0.4 is 5.32 Å². The number of rotatable bonds is 5. The number of nitrogens with zero attached hydrogens (tertiary/aromatic N) is 1. The average molecular weight is 270 g/mol. The van der Waals surface area contributed by atoms with Crippen LogP contribution in [0.4, 0.5) is 0 Å². The Kier molecular flexibility index (Phi) is 3.67. The molecule has 0 aliphatic carbocycles. The predicted molar refractivity (Wildman–Crippen MR) is 82.6 cm³/mol. The summed E-state index contributed by atoms with van der Waals surface area (Å²) in [6, 6.07) is 15.1. The van der Waals surface area contributed by atoms with Crippen molar-refractivity contribution < 1.29 is 0 Å². The zero-order valence-corrected chi connectivity index (χ0v) is 11.9. The molecule has 0 radical (unpaired) electrons. The van der Waals surface area contributed by atoms with E-state index in [4.69, 9.17) is 0 Å². The Morgan fingerprint density at radius 1 is 1.16 bits per heavy atom. The Hall–Kier alpha value is -1.58. The first-order valence-electron chi connectivity index (χ1n) is 6.61. The standard InChI is InChI=1S/C16H18N2S/c1-18-14(11-16-15(18)8-10-19-16)12-17-9-7-13-5-3-2-4-6-13/h2-6,8,10-11,17H,7,9,12H2,1H3. The molecule has 1 N–H and O–H groups in total. The highest BCUT2D eigenvalue weighted by Crippen LogP contribution is 2.23. The van der Waals surface area contributed by atoms with Gasteiger partial charge in [0.15, 0.2) is 0 Å². The fraction of sp³-hybridized carbons (Fsp3) is 0.250. The molecular weight excluding hydrogens is 252 g/mol. The van der Waals surface area contributed by atoms with E-state index < -0.39 is 0 Å². The van der Waals surface area contributed by atoms with Crippen LogP contribution >= 0.6 is 11.3 Å². The van der Waals surface area contributed by atoms with E-state index >= 15 is 0 Å². The molecule has 3 heteroatoms. The Labute approximate surface area is 117 Å². The summed E-state index contributed by atoms with van der Waals surface area (Å²) >= 11 is 1.81. The normalized spacial score (nSPS) is 11.2. The van der Waals surface area contributed by atoms with Crippen LogP contribution in [-0.4, -0.2) is 11.1 Å². The zero-order chi connectivity index (χ0) is 13.1. The van der Waals surface area contributed by atoms with E-state index in [0.29, 0.717) is 0 Å². The average Bonchev–Trinajstić information content (AvgIpc) is 3.00. The summed E-state index contributed by atoms with van der Waals surface area (Å²) in [6.07, 6.45) is 1.08. The highest BCUT2D eigenvalue weighted by Gasteiger charge is 2.05. The Bertz CT molecular complexity index is 652. The molecule has 2 heterocycles. The Morgan fingerprint density at radius 3 is 2.79 bits per heavy atom. The molecule has 2 aromatic heterocycles. The van der Waals surface area contributed by atoms with Gasteiger partial charge in [0, 0.05) is 19.3 Å². The molecule has 3 aromatic rings. The number of aryl methyl sites for hydroxylation is 1. The van der Waals surface area contributed by atoms with Crippen LogP contribution in [0.2, 0.25) is 0 Å². The molecule has 0 aliphatic heterocycles. The molecule has 0 fully saturated rings. The molecule has 0 unspecified atom stereocenters. The van der Waals surface area contributed by atoms with Crippen molar-refractivity contribution in [3.8, 4) is 0 Å². The lowest BCUT2D eigenvalue weighted by Gasteiger charge is -2.06. The first-order chi connectivity index (χ1) is 9.34. The largest absolute Gasteiger partial charge is 0.346 e. The summed E-state index contributed by atoms with van der Waals surface area (Å²) < 4.78 is 3.66. The van der Waals surface area contributed by atoms with Crippen LogP contribution in [0.1, 0.15) is 11.3 Å². The maximum atomic E-state index is 3.53. The topological polar surface area (TPSA) is 17.0 Å². The van der Waals surface area contributed by atoms with E-state index in [0.717, 1.165) is 19.5 Å². The molecule has 0 bridgehead atoms. The molecule has 1 aromatic carbocycles. The van der Waals surface area contributed by atoms with Gasteiger partial charge in [-0.05, 0) is 36.0 Å². The lowest BCUT2D eigenvalue weighted by Crippen LogP contribution is -2.18. The molecule has 0 saturated carbocycles. The lowest BCUT2D eigenvalue weighted by molar-refractivity contribution is 0.657. The van der Waals surface area contributed by atoms with Gasteiger partial charge in [-0.1, -0.05) is 30.3 Å². The van der Waals surface area contributed by atoms with Gasteiger partial charge in [-0.15, -0.1) is 11.3 Å². The van der Waals surface area contributed by atoms with Crippen LogP contribution in [0.25, 0.3) is 10.2 Å². The van der Waals surface area contributed by atoms with Gasteiger partial charge in [0.05, 0.1) is 10.2 Å². The van der Waals surface area contributed by atoms with E-state index in [1.807, 2.05) is 11.3 Å². The van der Waals surface area contributed by atoms with Crippen LogP contribution in [-0.2, 0) is 20.0 Å². The Morgan fingerprint density at radius 2 is 2.00 bits per heavy atom. The monoisotopic (exact) mass is 270 g/mol. The van der Waals surface area contributed by atoms with Crippen molar-refractivity contribution in [1.82, 2.24) is 9.88 Å². The van der Waals surface area contributed by atoms with Crippen LogP contribution in [0.5, 0.6) is 0 Å². The quantitative estimate of drug-likeness (QED) is 0.701. The zero-order valence-electron chi connectivity index (χ0n) is 11.1. The van der Waals surface area contributed by atoms with Gasteiger partial charge in [-0.3, -0.25) is 0 Å². The van der Waals surface area contributed by atoms with Crippen molar-refractivity contribution in [3.63, 3.8) is 0 Å². The minimum Gasteiger partial charge on any atom is -0.346 e. The van der Waals surface area contributed by atoms with Crippen molar-refractivity contribution >= 4 is 21.6 Å². The minimum absolute atomic E-state index is 0.935. The summed E-state index contributed by atoms with van der Waals surface area (Å²) in [5.41, 5.74) is 4.09. The summed E-state index contributed by atoms with van der Waals surface area (Å²) in [5.74, 6) is 0. The predicted octanol–water partition coefficient (Wildman–Crippen LogP) is 3.57. The van der Waals surface area contributed by atoms with Crippen LogP contribution in [0.15, 0.2) is 47.8 Å². The molecule has 0 saturated heterocycles. The molecule has 98 valence electrons. The van der Waals surface area contributed by atoms with Crippen molar-refractivity contribution in [3.05, 3.63) is 59.1 Å². The summed E-state index contributed by atoms with van der Waals surface area (Å²) in [5, 5.41) is 5.68. The summed E-state index contributed by atoms with van der Waals surface area (Å²) in [7, 11) is 2.14. The van der Waals surface area contributed by atoms with Crippen molar-refractivity contribution in [1.29, 1.82) is 0 Å². The molecule has 0 amide bonds. The molecule has 0 aliphatic rings. The third-order valence-corrected chi connectivity index (χ3v) is 4.36. The van der Waals surface area contributed by atoms with E-state index in [-0.39, 0.29) is 0 Å². The van der Waals surface area contributed by atoms with Crippen LogP contribution in [0.3, 0.4) is 0 Å². The number of benzene rings is 1. The molecule has 19 heavy (non-hydrogen) atoms. The Balaban J connectivity index is 1.55. The maximum Gasteiger partial charge on any atom is 0.0589 e. The summed E-state index contributed by atoms with van der Waals surface area (Å²) in [4.78, 5) is 0. The van der Waals surface area contributed by atoms with Gasteiger partial charge in [0.2, 0.25) is 0 Å².